The van der Waals surface area contributed by atoms with Crippen LogP contribution in [-0.4, -0.2) is 19.6 Å². The average molecular weight is 295 g/mol. The topological polar surface area (TPSA) is 38.3 Å². The van der Waals surface area contributed by atoms with Crippen LogP contribution in [0.3, 0.4) is 0 Å². The van der Waals surface area contributed by atoms with Gasteiger partial charge < -0.3 is 10.1 Å². The number of ether oxygens (including phenoxy) is 1. The van der Waals surface area contributed by atoms with Gasteiger partial charge in [-0.05, 0) is 42.2 Å². The first kappa shape index (κ1) is 15.8. The van der Waals surface area contributed by atoms with Crippen LogP contribution in [0.5, 0.6) is 5.75 Å². The van der Waals surface area contributed by atoms with Crippen LogP contribution >= 0.6 is 0 Å². The highest BCUT2D eigenvalue weighted by Gasteiger charge is 2.01. The first-order valence-corrected chi connectivity index (χ1v) is 7.33. The maximum Gasteiger partial charge on any atom is 0.244 e. The van der Waals surface area contributed by atoms with Crippen LogP contribution < -0.4 is 10.1 Å². The van der Waals surface area contributed by atoms with Crippen molar-refractivity contribution >= 4 is 11.5 Å². The Hall–Kier alpha value is -2.55. The second kappa shape index (κ2) is 8.03. The van der Waals surface area contributed by atoms with Gasteiger partial charge in [-0.1, -0.05) is 42.5 Å². The number of nitrogens with one attached hydrogen (secondary N) is 1. The lowest BCUT2D eigenvalue weighted by Gasteiger charge is -2.06. The van der Waals surface area contributed by atoms with E-state index in [-0.39, 0.29) is 5.91 Å². The molecular weight excluding hydrogens is 274 g/mol. The molecule has 3 nitrogen and oxygen atoms in total. The molecule has 1 amide bonds. The maximum absolute atomic E-state index is 11.9. The zero-order valence-electron chi connectivity index (χ0n) is 13.0. The zero-order chi connectivity index (χ0) is 15.8. The standard InChI is InChI=1S/C19H21NO2/c1-15(17-8-4-3-5-9-17)13-19(21)20-12-11-16-7-6-10-18(14-16)22-2/h3-10,13-14H,11-12H2,1-2H3,(H,20,21)/b15-13+. The fourth-order valence-corrected chi connectivity index (χ4v) is 2.19. The molecule has 0 aromatic heterocycles. The predicted octanol–water partition coefficient (Wildman–Crippen LogP) is 3.46. The third kappa shape index (κ3) is 4.77. The van der Waals surface area contributed by atoms with E-state index in [1.165, 1.54) is 0 Å². The van der Waals surface area contributed by atoms with Gasteiger partial charge in [-0.15, -0.1) is 0 Å². The van der Waals surface area contributed by atoms with Gasteiger partial charge in [0.05, 0.1) is 7.11 Å². The fraction of sp³-hybridized carbons (Fsp3) is 0.211. The lowest BCUT2D eigenvalue weighted by Crippen LogP contribution is -2.23. The molecule has 0 spiro atoms. The molecule has 0 fully saturated rings. The van der Waals surface area contributed by atoms with Crippen LogP contribution in [-0.2, 0) is 11.2 Å². The predicted molar refractivity (Wildman–Crippen MR) is 89.8 cm³/mol. The number of allylic oxidation sites excluding steroid dienone is 1. The molecule has 0 bridgehead atoms. The second-order valence-electron chi connectivity index (χ2n) is 5.09. The average Bonchev–Trinajstić information content (AvgIpc) is 2.56. The van der Waals surface area contributed by atoms with E-state index in [4.69, 9.17) is 4.74 Å². The van der Waals surface area contributed by atoms with E-state index >= 15 is 0 Å². The summed E-state index contributed by atoms with van der Waals surface area (Å²) in [6.45, 7) is 2.54. The molecule has 2 aromatic carbocycles. The van der Waals surface area contributed by atoms with E-state index in [0.29, 0.717) is 6.54 Å². The van der Waals surface area contributed by atoms with E-state index in [1.54, 1.807) is 13.2 Å². The molecule has 22 heavy (non-hydrogen) atoms. The zero-order valence-corrected chi connectivity index (χ0v) is 13.0. The lowest BCUT2D eigenvalue weighted by molar-refractivity contribution is -0.116. The first-order chi connectivity index (χ1) is 10.7. The summed E-state index contributed by atoms with van der Waals surface area (Å²) in [5.74, 6) is 0.771. The molecule has 114 valence electrons. The molecule has 0 aliphatic heterocycles. The smallest absolute Gasteiger partial charge is 0.244 e. The van der Waals surface area contributed by atoms with Crippen molar-refractivity contribution in [2.24, 2.45) is 0 Å². The van der Waals surface area contributed by atoms with Crippen molar-refractivity contribution in [3.63, 3.8) is 0 Å². The molecule has 0 radical (unpaired) electrons. The van der Waals surface area contributed by atoms with Gasteiger partial charge >= 0.3 is 0 Å². The number of benzene rings is 2. The Morgan fingerprint density at radius 2 is 1.91 bits per heavy atom. The van der Waals surface area contributed by atoms with Crippen molar-refractivity contribution < 1.29 is 9.53 Å². The molecule has 1 N–H and O–H groups in total. The van der Waals surface area contributed by atoms with Crippen LogP contribution in [0, 0.1) is 0 Å². The van der Waals surface area contributed by atoms with E-state index in [2.05, 4.69) is 5.32 Å². The van der Waals surface area contributed by atoms with Gasteiger partial charge in [0.2, 0.25) is 5.91 Å². The Balaban J connectivity index is 1.85. The Kier molecular flexibility index (Phi) is 5.78. The number of rotatable bonds is 6. The minimum Gasteiger partial charge on any atom is -0.497 e. The minimum absolute atomic E-state index is 0.0655. The van der Waals surface area contributed by atoms with Gasteiger partial charge in [-0.25, -0.2) is 0 Å². The first-order valence-electron chi connectivity index (χ1n) is 7.33. The molecule has 2 aromatic rings. The monoisotopic (exact) mass is 295 g/mol. The number of hydrogen-bond acceptors (Lipinski definition) is 2. The third-order valence-corrected chi connectivity index (χ3v) is 3.42. The van der Waals surface area contributed by atoms with Crippen LogP contribution in [0.15, 0.2) is 60.7 Å². The van der Waals surface area contributed by atoms with Gasteiger partial charge in [0.15, 0.2) is 0 Å². The highest BCUT2D eigenvalue weighted by Crippen LogP contribution is 2.13. The van der Waals surface area contributed by atoms with E-state index < -0.39 is 0 Å². The largest absolute Gasteiger partial charge is 0.497 e. The number of methoxy groups -OCH3 is 1. The summed E-state index contributed by atoms with van der Waals surface area (Å²) < 4.78 is 5.19. The van der Waals surface area contributed by atoms with Crippen molar-refractivity contribution in [2.45, 2.75) is 13.3 Å². The Morgan fingerprint density at radius 3 is 2.64 bits per heavy atom. The van der Waals surface area contributed by atoms with Crippen molar-refractivity contribution in [3.05, 3.63) is 71.8 Å². The molecule has 0 aliphatic rings. The number of amides is 1. The quantitative estimate of drug-likeness (QED) is 0.829. The molecule has 0 heterocycles. The Labute approximate surface area is 131 Å². The summed E-state index contributed by atoms with van der Waals surface area (Å²) in [7, 11) is 1.65. The fourth-order valence-electron chi connectivity index (χ4n) is 2.19. The summed E-state index contributed by atoms with van der Waals surface area (Å²) in [5, 5.41) is 2.91. The summed E-state index contributed by atoms with van der Waals surface area (Å²) in [6, 6.07) is 17.8. The molecule has 0 saturated heterocycles. The number of carbonyl (C=O) groups is 1. The van der Waals surface area contributed by atoms with Crippen LogP contribution in [0.1, 0.15) is 18.1 Å². The number of carbonyl (C=O) groups excluding carboxylic acids is 1. The van der Waals surface area contributed by atoms with Crippen molar-refractivity contribution in [2.75, 3.05) is 13.7 Å². The van der Waals surface area contributed by atoms with Gasteiger partial charge in [-0.2, -0.15) is 0 Å². The molecule has 0 aliphatic carbocycles. The highest BCUT2D eigenvalue weighted by molar-refractivity contribution is 5.94. The van der Waals surface area contributed by atoms with Gasteiger partial charge in [-0.3, -0.25) is 4.79 Å². The molecule has 2 rings (SSSR count). The summed E-state index contributed by atoms with van der Waals surface area (Å²) in [4.78, 5) is 11.9. The molecular formula is C19H21NO2. The van der Waals surface area contributed by atoms with Gasteiger partial charge in [0.25, 0.3) is 0 Å². The summed E-state index contributed by atoms with van der Waals surface area (Å²) in [6.07, 6.45) is 2.42. The Morgan fingerprint density at radius 1 is 1.14 bits per heavy atom. The van der Waals surface area contributed by atoms with E-state index in [0.717, 1.165) is 28.9 Å². The van der Waals surface area contributed by atoms with Crippen LogP contribution in [0.2, 0.25) is 0 Å². The van der Waals surface area contributed by atoms with Crippen LogP contribution in [0.4, 0.5) is 0 Å². The minimum atomic E-state index is -0.0655. The SMILES string of the molecule is COc1cccc(CCNC(=O)/C=C(\C)c2ccccc2)c1. The highest BCUT2D eigenvalue weighted by atomic mass is 16.5. The van der Waals surface area contributed by atoms with Crippen LogP contribution in [0.25, 0.3) is 5.57 Å². The molecule has 0 atom stereocenters. The summed E-state index contributed by atoms with van der Waals surface area (Å²) in [5.41, 5.74) is 3.16. The molecule has 0 unspecified atom stereocenters. The van der Waals surface area contributed by atoms with Crippen molar-refractivity contribution in [1.82, 2.24) is 5.32 Å². The van der Waals surface area contributed by atoms with E-state index in [1.807, 2.05) is 61.5 Å². The second-order valence-corrected chi connectivity index (χ2v) is 5.09. The van der Waals surface area contributed by atoms with Gasteiger partial charge in [0, 0.05) is 12.6 Å². The lowest BCUT2D eigenvalue weighted by atomic mass is 10.1. The third-order valence-electron chi connectivity index (χ3n) is 3.42. The van der Waals surface area contributed by atoms with Gasteiger partial charge in [0.1, 0.15) is 5.75 Å². The Bertz CT molecular complexity index is 647. The molecule has 3 heteroatoms. The van der Waals surface area contributed by atoms with Crippen molar-refractivity contribution in [3.8, 4) is 5.75 Å². The number of hydrogen-bond donors (Lipinski definition) is 1. The maximum atomic E-state index is 11.9. The van der Waals surface area contributed by atoms with E-state index in [9.17, 15) is 4.79 Å². The van der Waals surface area contributed by atoms with Crippen molar-refractivity contribution in [1.29, 1.82) is 0 Å². The normalized spacial score (nSPS) is 11.1. The summed E-state index contributed by atoms with van der Waals surface area (Å²) >= 11 is 0. The molecule has 0 saturated carbocycles.